The molecule has 0 saturated carbocycles. The molecule has 0 unspecified atom stereocenters. The van der Waals surface area contributed by atoms with E-state index in [1.165, 1.54) is 4.90 Å². The first-order chi connectivity index (χ1) is 7.63. The van der Waals surface area contributed by atoms with Crippen molar-refractivity contribution in [3.63, 3.8) is 0 Å². The third kappa shape index (κ3) is 1.89. The minimum Gasteiger partial charge on any atom is -0.337 e. The Bertz CT molecular complexity index is 436. The van der Waals surface area contributed by atoms with E-state index < -0.39 is 11.6 Å². The fourth-order valence-corrected chi connectivity index (χ4v) is 2.06. The molecule has 1 aliphatic rings. The zero-order chi connectivity index (χ0) is 11.7. The normalized spacial score (nSPS) is 14.8. The lowest BCUT2D eigenvalue weighted by Gasteiger charge is -2.28. The highest BCUT2D eigenvalue weighted by Crippen LogP contribution is 2.24. The van der Waals surface area contributed by atoms with Gasteiger partial charge in [0.1, 0.15) is 17.5 Å². The van der Waals surface area contributed by atoms with E-state index in [9.17, 15) is 13.6 Å². The summed E-state index contributed by atoms with van der Waals surface area (Å²) in [5, 5.41) is 0. The summed E-state index contributed by atoms with van der Waals surface area (Å²) in [5.41, 5.74) is 0.642. The van der Waals surface area contributed by atoms with Crippen molar-refractivity contribution in [2.75, 3.05) is 12.4 Å². The monoisotopic (exact) mass is 245 g/mol. The van der Waals surface area contributed by atoms with E-state index in [4.69, 9.17) is 11.6 Å². The molecule has 0 fully saturated rings. The van der Waals surface area contributed by atoms with Crippen molar-refractivity contribution in [1.29, 1.82) is 0 Å². The molecule has 0 aliphatic carbocycles. The van der Waals surface area contributed by atoms with Gasteiger partial charge in [-0.2, -0.15) is 0 Å². The van der Waals surface area contributed by atoms with Gasteiger partial charge in [-0.1, -0.05) is 0 Å². The van der Waals surface area contributed by atoms with Gasteiger partial charge in [0.05, 0.1) is 0 Å². The van der Waals surface area contributed by atoms with Gasteiger partial charge < -0.3 is 4.90 Å². The third-order valence-corrected chi connectivity index (χ3v) is 2.99. The smallest absolute Gasteiger partial charge is 0.237 e. The lowest BCUT2D eigenvalue weighted by atomic mass is 9.98. The number of benzene rings is 1. The van der Waals surface area contributed by atoms with E-state index in [0.29, 0.717) is 18.5 Å². The summed E-state index contributed by atoms with van der Waals surface area (Å²) < 4.78 is 26.8. The number of carbonyl (C=O) groups excluding carboxylic acids is 1. The molecule has 1 aromatic carbocycles. The van der Waals surface area contributed by atoms with Crippen LogP contribution in [0.5, 0.6) is 0 Å². The molecule has 1 amide bonds. The highest BCUT2D eigenvalue weighted by atomic mass is 35.5. The number of amides is 1. The molecule has 1 heterocycles. The fourth-order valence-electron chi connectivity index (χ4n) is 1.89. The van der Waals surface area contributed by atoms with Crippen LogP contribution in [0.1, 0.15) is 11.1 Å². The molecule has 0 aromatic heterocycles. The van der Waals surface area contributed by atoms with E-state index in [0.717, 1.165) is 12.1 Å². The minimum absolute atomic E-state index is 0.102. The van der Waals surface area contributed by atoms with Crippen LogP contribution in [0.2, 0.25) is 0 Å². The molecule has 16 heavy (non-hydrogen) atoms. The Labute approximate surface area is 96.8 Å². The fraction of sp³-hybridized carbons (Fsp3) is 0.364. The maximum absolute atomic E-state index is 13.5. The molecular weight excluding hydrogens is 236 g/mol. The molecule has 1 aliphatic heterocycles. The number of rotatable bonds is 1. The van der Waals surface area contributed by atoms with Crippen molar-refractivity contribution in [3.05, 3.63) is 34.9 Å². The van der Waals surface area contributed by atoms with Crippen LogP contribution >= 0.6 is 11.6 Å². The first-order valence-electron chi connectivity index (χ1n) is 4.93. The van der Waals surface area contributed by atoms with Crippen molar-refractivity contribution in [2.24, 2.45) is 0 Å². The van der Waals surface area contributed by atoms with E-state index >= 15 is 0 Å². The summed E-state index contributed by atoms with van der Waals surface area (Å²) in [5.74, 6) is -1.26. The van der Waals surface area contributed by atoms with Crippen molar-refractivity contribution in [1.82, 2.24) is 4.90 Å². The van der Waals surface area contributed by atoms with E-state index in [1.54, 1.807) is 0 Å². The quantitative estimate of drug-likeness (QED) is 0.694. The zero-order valence-electron chi connectivity index (χ0n) is 8.47. The molecule has 0 bridgehead atoms. The van der Waals surface area contributed by atoms with Crippen LogP contribution in [0.25, 0.3) is 0 Å². The van der Waals surface area contributed by atoms with Crippen molar-refractivity contribution >= 4 is 17.5 Å². The molecule has 2 nitrogen and oxygen atoms in total. The van der Waals surface area contributed by atoms with Gasteiger partial charge >= 0.3 is 0 Å². The highest BCUT2D eigenvalue weighted by molar-refractivity contribution is 6.27. The van der Waals surface area contributed by atoms with E-state index in [-0.39, 0.29) is 23.9 Å². The van der Waals surface area contributed by atoms with Crippen molar-refractivity contribution in [2.45, 2.75) is 13.0 Å². The second-order valence-electron chi connectivity index (χ2n) is 3.69. The van der Waals surface area contributed by atoms with Gasteiger partial charge in [0.25, 0.3) is 0 Å². The molecule has 2 rings (SSSR count). The lowest BCUT2D eigenvalue weighted by Crippen LogP contribution is -2.37. The van der Waals surface area contributed by atoms with Crippen LogP contribution in [-0.2, 0) is 17.8 Å². The summed E-state index contributed by atoms with van der Waals surface area (Å²) in [6.07, 6.45) is 0.335. The predicted octanol–water partition coefficient (Wildman–Crippen LogP) is 2.09. The highest BCUT2D eigenvalue weighted by Gasteiger charge is 2.24. The van der Waals surface area contributed by atoms with Crippen LogP contribution < -0.4 is 0 Å². The van der Waals surface area contributed by atoms with Crippen LogP contribution in [0.4, 0.5) is 8.78 Å². The first-order valence-corrected chi connectivity index (χ1v) is 5.46. The number of fused-ring (bicyclic) bond motifs is 1. The van der Waals surface area contributed by atoms with E-state index in [2.05, 4.69) is 0 Å². The molecule has 0 atom stereocenters. The summed E-state index contributed by atoms with van der Waals surface area (Å²) >= 11 is 5.42. The molecular formula is C11H10ClF2NO. The number of nitrogens with zero attached hydrogens (tertiary/aromatic N) is 1. The van der Waals surface area contributed by atoms with Crippen LogP contribution in [0.15, 0.2) is 12.1 Å². The van der Waals surface area contributed by atoms with Crippen LogP contribution in [0.3, 0.4) is 0 Å². The third-order valence-electron chi connectivity index (χ3n) is 2.76. The van der Waals surface area contributed by atoms with Gasteiger partial charge in [-0.05, 0) is 24.1 Å². The van der Waals surface area contributed by atoms with Gasteiger partial charge in [-0.15, -0.1) is 11.6 Å². The Morgan fingerprint density at radius 3 is 2.56 bits per heavy atom. The van der Waals surface area contributed by atoms with Crippen molar-refractivity contribution < 1.29 is 13.6 Å². The minimum atomic E-state index is -0.469. The maximum Gasteiger partial charge on any atom is 0.237 e. The SMILES string of the molecule is O=C(CCl)N1CCc2c(F)ccc(F)c2C1. The summed E-state index contributed by atoms with van der Waals surface area (Å²) in [7, 11) is 0. The average Bonchev–Trinajstić information content (AvgIpc) is 2.32. The second kappa shape index (κ2) is 4.37. The standard InChI is InChI=1S/C11H10ClF2NO/c12-5-11(16)15-4-3-7-8(6-15)10(14)2-1-9(7)13/h1-2H,3-6H2. The Hall–Kier alpha value is -1.16. The number of halogens is 3. The number of carbonyl (C=O) groups is 1. The largest absolute Gasteiger partial charge is 0.337 e. The molecule has 0 saturated heterocycles. The Morgan fingerprint density at radius 2 is 1.94 bits per heavy atom. The van der Waals surface area contributed by atoms with Gasteiger partial charge in [-0.25, -0.2) is 8.78 Å². The summed E-state index contributed by atoms with van der Waals surface area (Å²) in [6.45, 7) is 0.489. The average molecular weight is 246 g/mol. The number of hydrogen-bond donors (Lipinski definition) is 0. The lowest BCUT2D eigenvalue weighted by molar-refractivity contribution is -0.129. The van der Waals surface area contributed by atoms with E-state index in [1.807, 2.05) is 0 Å². The summed E-state index contributed by atoms with van der Waals surface area (Å²) in [4.78, 5) is 12.8. The molecule has 1 aromatic rings. The maximum atomic E-state index is 13.5. The molecule has 0 spiro atoms. The summed E-state index contributed by atoms with van der Waals surface area (Å²) in [6, 6.07) is 2.20. The topological polar surface area (TPSA) is 20.3 Å². The molecule has 5 heteroatoms. The van der Waals surface area contributed by atoms with Gasteiger partial charge in [0.15, 0.2) is 0 Å². The number of hydrogen-bond acceptors (Lipinski definition) is 1. The molecule has 86 valence electrons. The van der Waals surface area contributed by atoms with Crippen LogP contribution in [0, 0.1) is 11.6 Å². The zero-order valence-corrected chi connectivity index (χ0v) is 9.23. The Kier molecular flexibility index (Phi) is 3.10. The second-order valence-corrected chi connectivity index (χ2v) is 3.95. The van der Waals surface area contributed by atoms with Gasteiger partial charge in [0.2, 0.25) is 5.91 Å². The van der Waals surface area contributed by atoms with Crippen LogP contribution in [-0.4, -0.2) is 23.2 Å². The first kappa shape index (κ1) is 11.3. The van der Waals surface area contributed by atoms with Gasteiger partial charge in [-0.3, -0.25) is 4.79 Å². The number of alkyl halides is 1. The molecule has 0 radical (unpaired) electrons. The Balaban J connectivity index is 2.33. The van der Waals surface area contributed by atoms with Crippen molar-refractivity contribution in [3.8, 4) is 0 Å². The predicted molar refractivity (Wildman–Crippen MR) is 56.2 cm³/mol. The van der Waals surface area contributed by atoms with Gasteiger partial charge in [0, 0.05) is 18.7 Å². The molecule has 0 N–H and O–H groups in total. The Morgan fingerprint density at radius 1 is 1.31 bits per heavy atom.